The van der Waals surface area contributed by atoms with E-state index in [9.17, 15) is 5.11 Å². The van der Waals surface area contributed by atoms with Crippen LogP contribution in [0.5, 0.6) is 0 Å². The van der Waals surface area contributed by atoms with E-state index in [0.717, 1.165) is 5.56 Å². The van der Waals surface area contributed by atoms with Gasteiger partial charge in [-0.05, 0) is 17.1 Å². The second kappa shape index (κ2) is 6.41. The third-order valence-electron chi connectivity index (χ3n) is 3.78. The minimum Gasteiger partial charge on any atom is -0.388 e. The molecule has 0 saturated heterocycles. The van der Waals surface area contributed by atoms with Gasteiger partial charge in [0, 0.05) is 16.1 Å². The molecule has 0 heterocycles. The lowest BCUT2D eigenvalue weighted by Crippen LogP contribution is -2.44. The number of aliphatic hydroxyl groups excluding tert-OH is 1. The molecule has 1 atom stereocenters. The Morgan fingerprint density at radius 3 is 1.85 bits per heavy atom. The molecule has 0 spiro atoms. The van der Waals surface area contributed by atoms with E-state index in [4.69, 9.17) is 0 Å². The van der Waals surface area contributed by atoms with Gasteiger partial charge < -0.3 is 5.11 Å². The molecule has 1 nitrogen and oxygen atoms in total. The number of benzene rings is 1. The molecule has 0 aliphatic heterocycles. The van der Waals surface area contributed by atoms with Crippen molar-refractivity contribution in [3.8, 4) is 0 Å². The first-order valence-electron chi connectivity index (χ1n) is 7.44. The average Bonchev–Trinajstić information content (AvgIpc) is 2.25. The Bertz CT molecular complexity index is 426. The van der Waals surface area contributed by atoms with Gasteiger partial charge in [0.1, 0.15) is 0 Å². The molecule has 1 unspecified atom stereocenters. The van der Waals surface area contributed by atoms with Crippen LogP contribution in [0.1, 0.15) is 18.1 Å². The highest BCUT2D eigenvalue weighted by Gasteiger charge is 2.39. The summed E-state index contributed by atoms with van der Waals surface area (Å²) in [4.78, 5) is 0. The maximum atomic E-state index is 10.4. The van der Waals surface area contributed by atoms with Gasteiger partial charge in [0.05, 0.1) is 6.10 Å². The zero-order valence-corrected chi connectivity index (χ0v) is 15.9. The van der Waals surface area contributed by atoms with Crippen molar-refractivity contribution in [3.05, 3.63) is 48.0 Å². The predicted molar refractivity (Wildman–Crippen MR) is 95.6 cm³/mol. The van der Waals surface area contributed by atoms with Crippen LogP contribution < -0.4 is 0 Å². The lowest BCUT2D eigenvalue weighted by atomic mass is 10.0. The van der Waals surface area contributed by atoms with Crippen LogP contribution >= 0.6 is 0 Å². The van der Waals surface area contributed by atoms with E-state index in [2.05, 4.69) is 45.9 Å². The maximum Gasteiger partial charge on any atom is 0.0826 e. The van der Waals surface area contributed by atoms with E-state index in [1.807, 2.05) is 30.3 Å². The highest BCUT2D eigenvalue weighted by Crippen LogP contribution is 2.41. The molecule has 1 aromatic rings. The van der Waals surface area contributed by atoms with Crippen molar-refractivity contribution < 1.29 is 5.11 Å². The molecule has 1 N–H and O–H groups in total. The van der Waals surface area contributed by atoms with Gasteiger partial charge >= 0.3 is 0 Å². The summed E-state index contributed by atoms with van der Waals surface area (Å²) in [5.41, 5.74) is 2.26. The normalized spacial score (nSPS) is 14.4. The van der Waals surface area contributed by atoms with Gasteiger partial charge in [0.2, 0.25) is 0 Å². The Morgan fingerprint density at radius 1 is 1.00 bits per heavy atom. The van der Waals surface area contributed by atoms with Gasteiger partial charge in [-0.1, -0.05) is 75.2 Å². The minimum atomic E-state index is -1.30. The molecule has 0 radical (unpaired) electrons. The number of aliphatic hydroxyl groups is 1. The molecular formula is C17H30OSi2. The zero-order chi connectivity index (χ0) is 15.6. The molecule has 0 fully saturated rings. The van der Waals surface area contributed by atoms with Crippen molar-refractivity contribution in [2.24, 2.45) is 0 Å². The van der Waals surface area contributed by atoms with Crippen LogP contribution in [0.2, 0.25) is 44.4 Å². The van der Waals surface area contributed by atoms with E-state index in [0.29, 0.717) is 11.6 Å². The van der Waals surface area contributed by atoms with Gasteiger partial charge in [0.15, 0.2) is 0 Å². The second-order valence-corrected chi connectivity index (χ2v) is 19.2. The third-order valence-corrected chi connectivity index (χ3v) is 13.3. The summed E-state index contributed by atoms with van der Waals surface area (Å²) in [6.45, 7) is 18.9. The van der Waals surface area contributed by atoms with Crippen LogP contribution in [0, 0.1) is 0 Å². The van der Waals surface area contributed by atoms with E-state index in [-0.39, 0.29) is 0 Å². The summed E-state index contributed by atoms with van der Waals surface area (Å²) in [7, 11) is -2.60. The molecule has 0 aromatic heterocycles. The van der Waals surface area contributed by atoms with Crippen LogP contribution in [0.4, 0.5) is 0 Å². The highest BCUT2D eigenvalue weighted by molar-refractivity contribution is 6.97. The first-order valence-corrected chi connectivity index (χ1v) is 14.6. The van der Waals surface area contributed by atoms with Gasteiger partial charge in [0.25, 0.3) is 0 Å². The fourth-order valence-corrected chi connectivity index (χ4v) is 16.8. The van der Waals surface area contributed by atoms with Gasteiger partial charge in [-0.2, -0.15) is 0 Å². The number of hydrogen-bond donors (Lipinski definition) is 1. The fraction of sp³-hybridized carbons (Fsp3) is 0.529. The van der Waals surface area contributed by atoms with Crippen molar-refractivity contribution in [2.75, 3.05) is 0 Å². The predicted octanol–water partition coefficient (Wildman–Crippen LogP) is 5.25. The van der Waals surface area contributed by atoms with E-state index in [1.165, 1.54) is 5.57 Å². The maximum absolute atomic E-state index is 10.4. The second-order valence-electron chi connectivity index (χ2n) is 7.95. The Morgan fingerprint density at radius 2 is 1.45 bits per heavy atom. The van der Waals surface area contributed by atoms with Crippen LogP contribution in [-0.4, -0.2) is 21.3 Å². The summed E-state index contributed by atoms with van der Waals surface area (Å²) in [5.74, 6) is 0. The Balaban J connectivity index is 2.88. The summed E-state index contributed by atoms with van der Waals surface area (Å²) < 4.78 is 0. The van der Waals surface area contributed by atoms with Gasteiger partial charge in [-0.3, -0.25) is 0 Å². The van der Waals surface area contributed by atoms with Crippen molar-refractivity contribution in [1.82, 2.24) is 0 Å². The summed E-state index contributed by atoms with van der Waals surface area (Å²) >= 11 is 0. The van der Waals surface area contributed by atoms with E-state index in [1.54, 1.807) is 0 Å². The largest absolute Gasteiger partial charge is 0.388 e. The summed E-state index contributed by atoms with van der Waals surface area (Å²) in [6.07, 6.45) is 0.280. The minimum absolute atomic E-state index is 0.418. The molecule has 0 saturated carbocycles. The standard InChI is InChI=1S/C17H30OSi2/c1-14(17(19(2,3)4)20(5,6)7)13-16(18)15-11-9-8-10-12-15/h8-12,16-18H,1,13H2,2-7H3. The molecule has 0 aliphatic carbocycles. The van der Waals surface area contributed by atoms with Crippen molar-refractivity contribution in [3.63, 3.8) is 0 Å². The number of hydrogen-bond acceptors (Lipinski definition) is 1. The molecule has 0 amide bonds. The zero-order valence-electron chi connectivity index (χ0n) is 13.9. The smallest absolute Gasteiger partial charge is 0.0826 e. The van der Waals surface area contributed by atoms with Crippen LogP contribution in [0.25, 0.3) is 0 Å². The lowest BCUT2D eigenvalue weighted by molar-refractivity contribution is 0.178. The van der Waals surface area contributed by atoms with Crippen molar-refractivity contribution in [1.29, 1.82) is 0 Å². The molecule has 0 aliphatic rings. The van der Waals surface area contributed by atoms with Crippen molar-refractivity contribution >= 4 is 16.1 Å². The highest BCUT2D eigenvalue weighted by atomic mass is 28.4. The first-order chi connectivity index (χ1) is 9.03. The molecule has 0 bridgehead atoms. The van der Waals surface area contributed by atoms with Gasteiger partial charge in [-0.15, -0.1) is 6.58 Å². The quantitative estimate of drug-likeness (QED) is 0.562. The van der Waals surface area contributed by atoms with E-state index < -0.39 is 22.3 Å². The molecular weight excluding hydrogens is 276 g/mol. The van der Waals surface area contributed by atoms with Crippen LogP contribution in [0.3, 0.4) is 0 Å². The summed E-state index contributed by atoms with van der Waals surface area (Å²) in [5, 5.41) is 11.1. The van der Waals surface area contributed by atoms with Crippen molar-refractivity contribution in [2.45, 2.75) is 57.0 Å². The topological polar surface area (TPSA) is 20.2 Å². The monoisotopic (exact) mass is 306 g/mol. The Hall–Kier alpha value is -0.646. The molecule has 112 valence electrons. The Labute approximate surface area is 126 Å². The molecule has 1 rings (SSSR count). The summed E-state index contributed by atoms with van der Waals surface area (Å²) in [6, 6.07) is 9.94. The lowest BCUT2D eigenvalue weighted by Gasteiger charge is -2.40. The molecule has 3 heteroatoms. The number of rotatable bonds is 6. The first kappa shape index (κ1) is 17.4. The van der Waals surface area contributed by atoms with E-state index >= 15 is 0 Å². The third kappa shape index (κ3) is 4.72. The molecule has 1 aromatic carbocycles. The van der Waals surface area contributed by atoms with Crippen LogP contribution in [-0.2, 0) is 0 Å². The SMILES string of the molecule is C=C(CC(O)c1ccccc1)C([Si](C)(C)C)[Si](C)(C)C. The molecule has 20 heavy (non-hydrogen) atoms. The Kier molecular flexibility index (Phi) is 5.58. The average molecular weight is 307 g/mol. The fourth-order valence-electron chi connectivity index (χ4n) is 3.68. The van der Waals surface area contributed by atoms with Crippen LogP contribution in [0.15, 0.2) is 42.5 Å². The van der Waals surface area contributed by atoms with Gasteiger partial charge in [-0.25, -0.2) is 0 Å².